The lowest BCUT2D eigenvalue weighted by Gasteiger charge is -2.19. The number of rotatable bonds is 4. The maximum Gasteiger partial charge on any atom is 0.133 e. The molecule has 1 aromatic carbocycles. The highest BCUT2D eigenvalue weighted by molar-refractivity contribution is 9.10. The summed E-state index contributed by atoms with van der Waals surface area (Å²) in [6, 6.07) is 1.90. The first-order chi connectivity index (χ1) is 7.90. The van der Waals surface area contributed by atoms with Gasteiger partial charge in [0.1, 0.15) is 5.82 Å². The van der Waals surface area contributed by atoms with Gasteiger partial charge in [0.25, 0.3) is 0 Å². The third kappa shape index (κ3) is 3.08. The summed E-state index contributed by atoms with van der Waals surface area (Å²) in [5, 5.41) is 0. The molecule has 0 atom stereocenters. The van der Waals surface area contributed by atoms with E-state index in [1.807, 2.05) is 19.9 Å². The summed E-state index contributed by atoms with van der Waals surface area (Å²) in [5.41, 5.74) is 2.54. The Morgan fingerprint density at radius 2 is 1.82 bits per heavy atom. The number of hydrogen-bond acceptors (Lipinski definition) is 1. The van der Waals surface area contributed by atoms with E-state index in [1.165, 1.54) is 0 Å². The maximum absolute atomic E-state index is 14.3. The molecule has 0 aromatic heterocycles. The summed E-state index contributed by atoms with van der Waals surface area (Å²) in [4.78, 5) is 0. The SMILES string of the molecule is COCc1cc(C(C)C)c(Br)c(C(C)C)c1F. The first-order valence-electron chi connectivity index (χ1n) is 5.89. The quantitative estimate of drug-likeness (QED) is 0.762. The second-order valence-corrected chi connectivity index (χ2v) is 5.70. The summed E-state index contributed by atoms with van der Waals surface area (Å²) >= 11 is 3.54. The molecular weight excluding hydrogens is 283 g/mol. The second kappa shape index (κ2) is 5.96. The second-order valence-electron chi connectivity index (χ2n) is 4.91. The fourth-order valence-corrected chi connectivity index (χ4v) is 3.13. The van der Waals surface area contributed by atoms with Crippen molar-refractivity contribution in [2.75, 3.05) is 7.11 Å². The van der Waals surface area contributed by atoms with E-state index in [2.05, 4.69) is 29.8 Å². The Hall–Kier alpha value is -0.410. The lowest BCUT2D eigenvalue weighted by atomic mass is 9.92. The van der Waals surface area contributed by atoms with Crippen molar-refractivity contribution in [3.63, 3.8) is 0 Å². The topological polar surface area (TPSA) is 9.23 Å². The van der Waals surface area contributed by atoms with E-state index in [9.17, 15) is 4.39 Å². The van der Waals surface area contributed by atoms with Crippen LogP contribution in [0.15, 0.2) is 10.5 Å². The highest BCUT2D eigenvalue weighted by Gasteiger charge is 2.20. The fourth-order valence-electron chi connectivity index (χ4n) is 1.93. The molecule has 0 aliphatic carbocycles. The summed E-state index contributed by atoms with van der Waals surface area (Å²) < 4.78 is 20.3. The van der Waals surface area contributed by atoms with Crippen molar-refractivity contribution in [1.29, 1.82) is 0 Å². The van der Waals surface area contributed by atoms with Crippen LogP contribution in [0.4, 0.5) is 4.39 Å². The van der Waals surface area contributed by atoms with Crippen molar-refractivity contribution >= 4 is 15.9 Å². The number of ether oxygens (including phenoxy) is 1. The molecule has 1 nitrogen and oxygen atoms in total. The van der Waals surface area contributed by atoms with E-state index < -0.39 is 0 Å². The van der Waals surface area contributed by atoms with Gasteiger partial charge in [0.05, 0.1) is 6.61 Å². The molecule has 17 heavy (non-hydrogen) atoms. The Morgan fingerprint density at radius 1 is 1.24 bits per heavy atom. The maximum atomic E-state index is 14.3. The van der Waals surface area contributed by atoms with E-state index in [1.54, 1.807) is 7.11 Å². The molecule has 0 N–H and O–H groups in total. The van der Waals surface area contributed by atoms with Crippen molar-refractivity contribution in [3.8, 4) is 0 Å². The lowest BCUT2D eigenvalue weighted by molar-refractivity contribution is 0.181. The zero-order valence-electron chi connectivity index (χ0n) is 11.1. The number of halogens is 2. The standard InChI is InChI=1S/C14H20BrFO/c1-8(2)11-6-10(7-17-5)14(16)12(9(3)4)13(11)15/h6,8-9H,7H2,1-5H3. The van der Waals surface area contributed by atoms with Gasteiger partial charge in [0.2, 0.25) is 0 Å². The van der Waals surface area contributed by atoms with Crippen LogP contribution in [-0.2, 0) is 11.3 Å². The van der Waals surface area contributed by atoms with Crippen molar-refractivity contribution < 1.29 is 9.13 Å². The summed E-state index contributed by atoms with van der Waals surface area (Å²) in [7, 11) is 1.59. The molecule has 0 unspecified atom stereocenters. The van der Waals surface area contributed by atoms with Gasteiger partial charge in [0, 0.05) is 22.7 Å². The van der Waals surface area contributed by atoms with E-state index in [4.69, 9.17) is 4.74 Å². The Bertz CT molecular complexity index is 400. The van der Waals surface area contributed by atoms with Gasteiger partial charge < -0.3 is 4.74 Å². The minimum absolute atomic E-state index is 0.141. The van der Waals surface area contributed by atoms with Gasteiger partial charge in [-0.3, -0.25) is 0 Å². The van der Waals surface area contributed by atoms with Crippen LogP contribution in [0.3, 0.4) is 0 Å². The molecule has 0 heterocycles. The van der Waals surface area contributed by atoms with Gasteiger partial charge >= 0.3 is 0 Å². The van der Waals surface area contributed by atoms with Crippen molar-refractivity contribution in [2.45, 2.75) is 46.1 Å². The molecule has 0 amide bonds. The Kier molecular flexibility index (Phi) is 5.14. The molecule has 0 radical (unpaired) electrons. The first-order valence-corrected chi connectivity index (χ1v) is 6.69. The van der Waals surface area contributed by atoms with Crippen LogP contribution in [0.2, 0.25) is 0 Å². The van der Waals surface area contributed by atoms with Gasteiger partial charge in [-0.2, -0.15) is 0 Å². The molecule has 0 saturated heterocycles. The lowest BCUT2D eigenvalue weighted by Crippen LogP contribution is -2.05. The average Bonchev–Trinajstić information content (AvgIpc) is 2.21. The van der Waals surface area contributed by atoms with Crippen LogP contribution in [0.1, 0.15) is 56.2 Å². The third-order valence-electron chi connectivity index (χ3n) is 2.84. The van der Waals surface area contributed by atoms with Crippen molar-refractivity contribution in [3.05, 3.63) is 33.0 Å². The summed E-state index contributed by atoms with van der Waals surface area (Å²) in [6.45, 7) is 8.55. The largest absolute Gasteiger partial charge is 0.380 e. The Balaban J connectivity index is 3.46. The van der Waals surface area contributed by atoms with E-state index in [0.717, 1.165) is 15.6 Å². The van der Waals surface area contributed by atoms with Gasteiger partial charge in [-0.05, 0) is 23.5 Å². The number of hydrogen-bond donors (Lipinski definition) is 0. The minimum atomic E-state index is -0.141. The Labute approximate surface area is 111 Å². The van der Waals surface area contributed by atoms with E-state index in [-0.39, 0.29) is 11.7 Å². The van der Waals surface area contributed by atoms with Crippen LogP contribution in [0.25, 0.3) is 0 Å². The highest BCUT2D eigenvalue weighted by atomic mass is 79.9. The molecule has 0 aliphatic heterocycles. The summed E-state index contributed by atoms with van der Waals surface area (Å²) in [6.07, 6.45) is 0. The molecule has 0 saturated carbocycles. The van der Waals surface area contributed by atoms with Crippen LogP contribution in [0, 0.1) is 5.82 Å². The zero-order chi connectivity index (χ0) is 13.2. The number of benzene rings is 1. The highest BCUT2D eigenvalue weighted by Crippen LogP contribution is 2.36. The fraction of sp³-hybridized carbons (Fsp3) is 0.571. The predicted octanol–water partition coefficient (Wildman–Crippen LogP) is 4.98. The molecule has 0 fully saturated rings. The van der Waals surface area contributed by atoms with Crippen LogP contribution in [0.5, 0.6) is 0 Å². The van der Waals surface area contributed by atoms with Gasteiger partial charge in [-0.25, -0.2) is 4.39 Å². The van der Waals surface area contributed by atoms with Crippen LogP contribution < -0.4 is 0 Å². The predicted molar refractivity (Wildman–Crippen MR) is 73.0 cm³/mol. The molecule has 1 rings (SSSR count). The van der Waals surface area contributed by atoms with Crippen molar-refractivity contribution in [1.82, 2.24) is 0 Å². The van der Waals surface area contributed by atoms with E-state index in [0.29, 0.717) is 18.1 Å². The van der Waals surface area contributed by atoms with Crippen LogP contribution in [-0.4, -0.2) is 7.11 Å². The molecule has 96 valence electrons. The first kappa shape index (κ1) is 14.7. The smallest absolute Gasteiger partial charge is 0.133 e. The molecule has 1 aromatic rings. The monoisotopic (exact) mass is 302 g/mol. The van der Waals surface area contributed by atoms with Crippen molar-refractivity contribution in [2.24, 2.45) is 0 Å². The zero-order valence-corrected chi connectivity index (χ0v) is 12.7. The van der Waals surface area contributed by atoms with Gasteiger partial charge in [-0.1, -0.05) is 43.6 Å². The molecule has 3 heteroatoms. The van der Waals surface area contributed by atoms with Gasteiger partial charge in [-0.15, -0.1) is 0 Å². The third-order valence-corrected chi connectivity index (χ3v) is 3.72. The average molecular weight is 303 g/mol. The summed E-state index contributed by atoms with van der Waals surface area (Å²) in [5.74, 6) is 0.370. The van der Waals surface area contributed by atoms with Gasteiger partial charge in [0.15, 0.2) is 0 Å². The number of methoxy groups -OCH3 is 1. The molecule has 0 bridgehead atoms. The molecule has 0 aliphatic rings. The molecule has 0 spiro atoms. The minimum Gasteiger partial charge on any atom is -0.380 e. The normalized spacial score (nSPS) is 11.6. The van der Waals surface area contributed by atoms with E-state index >= 15 is 0 Å². The molecular formula is C14H20BrFO. The van der Waals surface area contributed by atoms with Crippen LogP contribution >= 0.6 is 15.9 Å². The Morgan fingerprint density at radius 3 is 2.24 bits per heavy atom.